The van der Waals surface area contributed by atoms with Gasteiger partial charge in [0.2, 0.25) is 0 Å². The van der Waals surface area contributed by atoms with E-state index in [1.165, 1.54) is 0 Å². The molecule has 0 saturated heterocycles. The molecule has 21 heavy (non-hydrogen) atoms. The van der Waals surface area contributed by atoms with Crippen molar-refractivity contribution in [3.8, 4) is 0 Å². The van der Waals surface area contributed by atoms with E-state index < -0.39 is 28.9 Å². The molecule has 0 atom stereocenters. The van der Waals surface area contributed by atoms with Gasteiger partial charge in [-0.2, -0.15) is 0 Å². The van der Waals surface area contributed by atoms with E-state index >= 15 is 0 Å². The number of halogens is 3. The molecule has 110 valence electrons. The van der Waals surface area contributed by atoms with E-state index in [1.807, 2.05) is 0 Å². The minimum atomic E-state index is -1.24. The normalized spacial score (nSPS) is 10.5. The van der Waals surface area contributed by atoms with Crippen LogP contribution in [0.3, 0.4) is 0 Å². The maximum absolute atomic E-state index is 13.6. The Hall–Kier alpha value is -2.34. The first-order chi connectivity index (χ1) is 10.0. The summed E-state index contributed by atoms with van der Waals surface area (Å²) in [7, 11) is 1.73. The molecule has 3 nitrogen and oxygen atoms in total. The number of benzene rings is 2. The molecule has 0 unspecified atom stereocenters. The number of rotatable bonds is 4. The van der Waals surface area contributed by atoms with Crippen LogP contribution in [0.5, 0.6) is 0 Å². The molecule has 0 radical (unpaired) electrons. The molecule has 0 aliphatic rings. The highest BCUT2D eigenvalue weighted by Crippen LogP contribution is 2.19. The highest BCUT2D eigenvalue weighted by atomic mass is 19.1. The maximum Gasteiger partial charge on any atom is 0.261 e. The van der Waals surface area contributed by atoms with Gasteiger partial charge < -0.3 is 10.6 Å². The second-order valence-corrected chi connectivity index (χ2v) is 4.39. The summed E-state index contributed by atoms with van der Waals surface area (Å²) in [6.07, 6.45) is 0. The van der Waals surface area contributed by atoms with E-state index in [2.05, 4.69) is 10.6 Å². The Labute approximate surface area is 119 Å². The molecule has 2 aromatic carbocycles. The molecular formula is C15H13F3N2O. The topological polar surface area (TPSA) is 41.1 Å². The molecule has 0 fully saturated rings. The Morgan fingerprint density at radius 1 is 1.10 bits per heavy atom. The highest BCUT2D eigenvalue weighted by Gasteiger charge is 2.19. The first kappa shape index (κ1) is 15.1. The number of hydrogen-bond acceptors (Lipinski definition) is 2. The van der Waals surface area contributed by atoms with Gasteiger partial charge in [0, 0.05) is 24.4 Å². The van der Waals surface area contributed by atoms with Crippen LogP contribution in [0.2, 0.25) is 0 Å². The number of amides is 1. The van der Waals surface area contributed by atoms with E-state index in [0.29, 0.717) is 24.4 Å². The van der Waals surface area contributed by atoms with Gasteiger partial charge in [-0.25, -0.2) is 13.2 Å². The van der Waals surface area contributed by atoms with Crippen LogP contribution >= 0.6 is 0 Å². The molecule has 0 saturated carbocycles. The SMILES string of the molecule is CNCc1ccccc1NC(=O)c1c(F)cc(F)cc1F. The third-order valence-corrected chi connectivity index (χ3v) is 2.87. The third kappa shape index (κ3) is 3.41. The van der Waals surface area contributed by atoms with Gasteiger partial charge in [-0.1, -0.05) is 18.2 Å². The molecule has 0 heterocycles. The van der Waals surface area contributed by atoms with Crippen LogP contribution in [0.15, 0.2) is 36.4 Å². The van der Waals surface area contributed by atoms with Crippen molar-refractivity contribution in [2.24, 2.45) is 0 Å². The van der Waals surface area contributed by atoms with E-state index in [0.717, 1.165) is 5.56 Å². The van der Waals surface area contributed by atoms with Gasteiger partial charge in [0.05, 0.1) is 0 Å². The molecule has 1 amide bonds. The number of carbonyl (C=O) groups is 1. The molecule has 2 aromatic rings. The van der Waals surface area contributed by atoms with Crippen molar-refractivity contribution in [3.63, 3.8) is 0 Å². The summed E-state index contributed by atoms with van der Waals surface area (Å²) in [6, 6.07) is 7.79. The van der Waals surface area contributed by atoms with Gasteiger partial charge in [-0.15, -0.1) is 0 Å². The summed E-state index contributed by atoms with van der Waals surface area (Å²) in [4.78, 5) is 12.0. The van der Waals surface area contributed by atoms with Gasteiger partial charge in [0.15, 0.2) is 0 Å². The predicted octanol–water partition coefficient (Wildman–Crippen LogP) is 3.08. The van der Waals surface area contributed by atoms with Crippen LogP contribution in [0, 0.1) is 17.5 Å². The smallest absolute Gasteiger partial charge is 0.261 e. The van der Waals surface area contributed by atoms with Gasteiger partial charge in [-0.3, -0.25) is 4.79 Å². The molecule has 2 N–H and O–H groups in total. The van der Waals surface area contributed by atoms with Crippen molar-refractivity contribution in [2.45, 2.75) is 6.54 Å². The number of nitrogens with one attached hydrogen (secondary N) is 2. The van der Waals surface area contributed by atoms with Gasteiger partial charge in [0.1, 0.15) is 23.0 Å². The Morgan fingerprint density at radius 3 is 2.33 bits per heavy atom. The lowest BCUT2D eigenvalue weighted by atomic mass is 10.1. The first-order valence-electron chi connectivity index (χ1n) is 6.21. The van der Waals surface area contributed by atoms with Gasteiger partial charge >= 0.3 is 0 Å². The number of hydrogen-bond donors (Lipinski definition) is 2. The van der Waals surface area contributed by atoms with E-state index in [1.54, 1.807) is 31.3 Å². The summed E-state index contributed by atoms with van der Waals surface area (Å²) in [6.45, 7) is 0.477. The summed E-state index contributed by atoms with van der Waals surface area (Å²) in [5, 5.41) is 5.35. The zero-order valence-electron chi connectivity index (χ0n) is 11.2. The van der Waals surface area contributed by atoms with Gasteiger partial charge in [0.25, 0.3) is 5.91 Å². The average molecular weight is 294 g/mol. The molecule has 6 heteroatoms. The monoisotopic (exact) mass is 294 g/mol. The van der Waals surface area contributed by atoms with Gasteiger partial charge in [-0.05, 0) is 18.7 Å². The minimum Gasteiger partial charge on any atom is -0.322 e. The molecule has 0 bridgehead atoms. The largest absolute Gasteiger partial charge is 0.322 e. The van der Waals surface area contributed by atoms with Crippen LogP contribution < -0.4 is 10.6 Å². The molecule has 0 aromatic heterocycles. The Balaban J connectivity index is 2.31. The Morgan fingerprint density at radius 2 is 1.71 bits per heavy atom. The number of carbonyl (C=O) groups excluding carboxylic acids is 1. The minimum absolute atomic E-state index is 0.431. The lowest BCUT2D eigenvalue weighted by molar-refractivity contribution is 0.101. The van der Waals surface area contributed by atoms with Crippen molar-refractivity contribution in [1.29, 1.82) is 0 Å². The van der Waals surface area contributed by atoms with Crippen LogP contribution in [-0.4, -0.2) is 13.0 Å². The van der Waals surface area contributed by atoms with Crippen molar-refractivity contribution in [2.75, 3.05) is 12.4 Å². The fourth-order valence-corrected chi connectivity index (χ4v) is 1.93. The second-order valence-electron chi connectivity index (χ2n) is 4.39. The summed E-state index contributed by atoms with van der Waals surface area (Å²) in [5.74, 6) is -4.52. The lowest BCUT2D eigenvalue weighted by Gasteiger charge is -2.11. The molecule has 2 rings (SSSR count). The van der Waals surface area contributed by atoms with Crippen LogP contribution in [0.25, 0.3) is 0 Å². The zero-order chi connectivity index (χ0) is 15.4. The fourth-order valence-electron chi connectivity index (χ4n) is 1.93. The average Bonchev–Trinajstić information content (AvgIpc) is 2.40. The third-order valence-electron chi connectivity index (χ3n) is 2.87. The maximum atomic E-state index is 13.6. The van der Waals surface area contributed by atoms with E-state index in [-0.39, 0.29) is 0 Å². The van der Waals surface area contributed by atoms with Crippen LogP contribution in [0.1, 0.15) is 15.9 Å². The van der Waals surface area contributed by atoms with Crippen molar-refractivity contribution in [1.82, 2.24) is 5.32 Å². The van der Waals surface area contributed by atoms with E-state index in [4.69, 9.17) is 0 Å². The number of anilines is 1. The molecule has 0 spiro atoms. The predicted molar refractivity (Wildman–Crippen MR) is 73.5 cm³/mol. The summed E-state index contributed by atoms with van der Waals surface area (Å²) >= 11 is 0. The van der Waals surface area contributed by atoms with Crippen LogP contribution in [-0.2, 0) is 6.54 Å². The standard InChI is InChI=1S/C15H13F3N2O/c1-19-8-9-4-2-3-5-13(9)20-15(21)14-11(17)6-10(16)7-12(14)18/h2-7,19H,8H2,1H3,(H,20,21). The van der Waals surface area contributed by atoms with Crippen molar-refractivity contribution < 1.29 is 18.0 Å². The fraction of sp³-hybridized carbons (Fsp3) is 0.133. The first-order valence-corrected chi connectivity index (χ1v) is 6.21. The summed E-state index contributed by atoms with van der Waals surface area (Å²) in [5.41, 5.74) is 0.381. The quantitative estimate of drug-likeness (QED) is 0.910. The zero-order valence-corrected chi connectivity index (χ0v) is 11.2. The van der Waals surface area contributed by atoms with E-state index in [9.17, 15) is 18.0 Å². The Kier molecular flexibility index (Phi) is 4.59. The number of para-hydroxylation sites is 1. The lowest BCUT2D eigenvalue weighted by Crippen LogP contribution is -2.18. The summed E-state index contributed by atoms with van der Waals surface area (Å²) < 4.78 is 40.0. The van der Waals surface area contributed by atoms with Crippen molar-refractivity contribution in [3.05, 3.63) is 65.0 Å². The molecular weight excluding hydrogens is 281 g/mol. The second kappa shape index (κ2) is 6.41. The Bertz CT molecular complexity index is 651. The molecule has 0 aliphatic carbocycles. The van der Waals surface area contributed by atoms with Crippen molar-refractivity contribution >= 4 is 11.6 Å². The molecule has 0 aliphatic heterocycles. The van der Waals surface area contributed by atoms with Crippen LogP contribution in [0.4, 0.5) is 18.9 Å². The highest BCUT2D eigenvalue weighted by molar-refractivity contribution is 6.05.